The van der Waals surface area contributed by atoms with E-state index in [2.05, 4.69) is 10.3 Å². The van der Waals surface area contributed by atoms with Gasteiger partial charge in [0.15, 0.2) is 0 Å². The topological polar surface area (TPSA) is 92.9 Å². The highest BCUT2D eigenvalue weighted by Gasteiger charge is 2.20. The molecule has 1 aromatic carbocycles. The van der Waals surface area contributed by atoms with Crippen LogP contribution in [0.4, 0.5) is 10.1 Å². The number of carboxylic acid groups (broad SMARTS) is 1. The van der Waals surface area contributed by atoms with Crippen molar-refractivity contribution in [3.05, 3.63) is 58.3 Å². The SMILES string of the molecule is COc1cc(NC(=O)c2c(C)nc3ccc(F)cn23)c(Cl)cc1C(=O)O. The Balaban J connectivity index is 2.02. The molecule has 3 aromatic rings. The van der Waals surface area contributed by atoms with Crippen LogP contribution in [0.1, 0.15) is 26.5 Å². The summed E-state index contributed by atoms with van der Waals surface area (Å²) in [6.45, 7) is 1.62. The van der Waals surface area contributed by atoms with Gasteiger partial charge in [-0.15, -0.1) is 0 Å². The Kier molecular flexibility index (Phi) is 4.52. The predicted octanol–water partition coefficient (Wildman–Crippen LogP) is 3.39. The van der Waals surface area contributed by atoms with Gasteiger partial charge in [0.25, 0.3) is 5.91 Å². The number of nitrogens with one attached hydrogen (secondary N) is 1. The number of rotatable bonds is 4. The summed E-state index contributed by atoms with van der Waals surface area (Å²) in [6, 6.07) is 5.19. The lowest BCUT2D eigenvalue weighted by atomic mass is 10.1. The van der Waals surface area contributed by atoms with Crippen LogP contribution in [0.3, 0.4) is 0 Å². The fraction of sp³-hybridized carbons (Fsp3) is 0.118. The second kappa shape index (κ2) is 6.64. The minimum atomic E-state index is -1.21. The maximum Gasteiger partial charge on any atom is 0.339 e. The molecule has 26 heavy (non-hydrogen) atoms. The number of ether oxygens (including phenoxy) is 1. The van der Waals surface area contributed by atoms with Gasteiger partial charge in [0.2, 0.25) is 0 Å². The van der Waals surface area contributed by atoms with Crippen LogP contribution in [0.15, 0.2) is 30.5 Å². The molecule has 3 rings (SSSR count). The van der Waals surface area contributed by atoms with Gasteiger partial charge in [-0.1, -0.05) is 11.6 Å². The summed E-state index contributed by atoms with van der Waals surface area (Å²) in [5.74, 6) is -2.27. The summed E-state index contributed by atoms with van der Waals surface area (Å²) < 4.78 is 19.9. The number of pyridine rings is 1. The summed E-state index contributed by atoms with van der Waals surface area (Å²) in [7, 11) is 1.30. The lowest BCUT2D eigenvalue weighted by molar-refractivity contribution is 0.0693. The maximum absolute atomic E-state index is 13.5. The Bertz CT molecular complexity index is 1050. The third kappa shape index (κ3) is 3.06. The van der Waals surface area contributed by atoms with Crippen molar-refractivity contribution < 1.29 is 23.8 Å². The van der Waals surface area contributed by atoms with Gasteiger partial charge in [-0.2, -0.15) is 0 Å². The predicted molar refractivity (Wildman–Crippen MR) is 92.8 cm³/mol. The number of benzene rings is 1. The average molecular weight is 378 g/mol. The van der Waals surface area contributed by atoms with E-state index in [9.17, 15) is 14.0 Å². The van der Waals surface area contributed by atoms with Gasteiger partial charge in [0.05, 0.1) is 23.5 Å². The Morgan fingerprint density at radius 1 is 1.35 bits per heavy atom. The fourth-order valence-corrected chi connectivity index (χ4v) is 2.79. The van der Waals surface area contributed by atoms with Crippen molar-refractivity contribution in [3.8, 4) is 5.75 Å². The zero-order valence-electron chi connectivity index (χ0n) is 13.7. The zero-order valence-corrected chi connectivity index (χ0v) is 14.5. The third-order valence-corrected chi connectivity index (χ3v) is 4.05. The number of hydrogen-bond donors (Lipinski definition) is 2. The van der Waals surface area contributed by atoms with Crippen molar-refractivity contribution in [2.75, 3.05) is 12.4 Å². The number of anilines is 1. The van der Waals surface area contributed by atoms with Gasteiger partial charge in [0.1, 0.15) is 28.5 Å². The Labute approximate surface area is 152 Å². The summed E-state index contributed by atoms with van der Waals surface area (Å²) in [5.41, 5.74) is 0.974. The van der Waals surface area contributed by atoms with Gasteiger partial charge in [-0.25, -0.2) is 14.2 Å². The minimum absolute atomic E-state index is 0.0224. The summed E-state index contributed by atoms with van der Waals surface area (Å²) in [5, 5.41) is 11.8. The first kappa shape index (κ1) is 17.7. The van der Waals surface area contributed by atoms with E-state index >= 15 is 0 Å². The van der Waals surface area contributed by atoms with Gasteiger partial charge in [-0.05, 0) is 25.1 Å². The van der Waals surface area contributed by atoms with Crippen LogP contribution in [0.5, 0.6) is 5.75 Å². The highest BCUT2D eigenvalue weighted by atomic mass is 35.5. The second-order valence-electron chi connectivity index (χ2n) is 5.41. The average Bonchev–Trinajstić information content (AvgIpc) is 2.91. The van der Waals surface area contributed by atoms with Gasteiger partial charge in [-0.3, -0.25) is 9.20 Å². The standard InChI is InChI=1S/C17H13ClFN3O4/c1-8-15(22-7-9(19)3-4-14(22)20-8)16(23)21-12-6-13(26-2)10(17(24)25)5-11(12)18/h3-7H,1-2H3,(H,21,23)(H,24,25). The fourth-order valence-electron chi connectivity index (χ4n) is 2.58. The quantitative estimate of drug-likeness (QED) is 0.727. The molecule has 0 saturated heterocycles. The van der Waals surface area contributed by atoms with Crippen LogP contribution >= 0.6 is 11.6 Å². The van der Waals surface area contributed by atoms with E-state index in [4.69, 9.17) is 21.4 Å². The van der Waals surface area contributed by atoms with Crippen molar-refractivity contribution >= 4 is 34.8 Å². The monoisotopic (exact) mass is 377 g/mol. The first-order valence-electron chi connectivity index (χ1n) is 7.38. The van der Waals surface area contributed by atoms with Gasteiger partial charge >= 0.3 is 5.97 Å². The number of carbonyl (C=O) groups excluding carboxylic acids is 1. The van der Waals surface area contributed by atoms with Crippen LogP contribution in [0.2, 0.25) is 5.02 Å². The van der Waals surface area contributed by atoms with E-state index < -0.39 is 17.7 Å². The van der Waals surface area contributed by atoms with Crippen LogP contribution in [0.25, 0.3) is 5.65 Å². The van der Waals surface area contributed by atoms with Crippen molar-refractivity contribution in [3.63, 3.8) is 0 Å². The molecular formula is C17H13ClFN3O4. The van der Waals surface area contributed by atoms with Crippen LogP contribution in [-0.2, 0) is 0 Å². The van der Waals surface area contributed by atoms with Crippen molar-refractivity contribution in [2.24, 2.45) is 0 Å². The molecule has 0 unspecified atom stereocenters. The van der Waals surface area contributed by atoms with Gasteiger partial charge < -0.3 is 15.2 Å². The van der Waals surface area contributed by atoms with Crippen LogP contribution in [0, 0.1) is 12.7 Å². The number of halogens is 2. The Hall–Kier alpha value is -3.13. The summed E-state index contributed by atoms with van der Waals surface area (Å²) in [6.07, 6.45) is 1.15. The summed E-state index contributed by atoms with van der Waals surface area (Å²) in [4.78, 5) is 28.1. The number of methoxy groups -OCH3 is 1. The molecule has 2 aromatic heterocycles. The second-order valence-corrected chi connectivity index (χ2v) is 5.82. The van der Waals surface area contributed by atoms with E-state index in [1.165, 1.54) is 35.8 Å². The molecule has 2 N–H and O–H groups in total. The number of fused-ring (bicyclic) bond motifs is 1. The number of amides is 1. The minimum Gasteiger partial charge on any atom is -0.496 e. The van der Waals surface area contributed by atoms with Crippen molar-refractivity contribution in [1.29, 1.82) is 0 Å². The molecule has 0 aliphatic rings. The van der Waals surface area contributed by atoms with Crippen molar-refractivity contribution in [1.82, 2.24) is 9.38 Å². The summed E-state index contributed by atoms with van der Waals surface area (Å²) >= 11 is 6.08. The maximum atomic E-state index is 13.5. The molecule has 0 saturated carbocycles. The molecule has 0 atom stereocenters. The van der Waals surface area contributed by atoms with E-state index in [0.29, 0.717) is 11.3 Å². The Morgan fingerprint density at radius 3 is 2.73 bits per heavy atom. The molecule has 0 aliphatic heterocycles. The molecule has 0 fully saturated rings. The van der Waals surface area contributed by atoms with E-state index in [1.807, 2.05) is 0 Å². The molecule has 7 nitrogen and oxygen atoms in total. The number of imidazole rings is 1. The normalized spacial score (nSPS) is 10.8. The van der Waals surface area contributed by atoms with E-state index in [-0.39, 0.29) is 27.7 Å². The zero-order chi connectivity index (χ0) is 19.0. The lowest BCUT2D eigenvalue weighted by Gasteiger charge is -2.12. The molecule has 134 valence electrons. The number of hydrogen-bond acceptors (Lipinski definition) is 4. The largest absolute Gasteiger partial charge is 0.496 e. The first-order valence-corrected chi connectivity index (χ1v) is 7.76. The number of nitrogens with zero attached hydrogens (tertiary/aromatic N) is 2. The van der Waals surface area contributed by atoms with Crippen LogP contribution < -0.4 is 10.1 Å². The molecule has 9 heteroatoms. The van der Waals surface area contributed by atoms with Crippen molar-refractivity contribution in [2.45, 2.75) is 6.92 Å². The first-order chi connectivity index (χ1) is 12.3. The molecular weight excluding hydrogens is 365 g/mol. The highest BCUT2D eigenvalue weighted by Crippen LogP contribution is 2.31. The number of aromatic carboxylic acids is 1. The Morgan fingerprint density at radius 2 is 2.08 bits per heavy atom. The van der Waals surface area contributed by atoms with E-state index in [0.717, 1.165) is 6.20 Å². The smallest absolute Gasteiger partial charge is 0.339 e. The number of aryl methyl sites for hydroxylation is 1. The highest BCUT2D eigenvalue weighted by molar-refractivity contribution is 6.34. The molecule has 0 aliphatic carbocycles. The molecule has 0 bridgehead atoms. The number of carbonyl (C=O) groups is 2. The number of carboxylic acids is 1. The van der Waals surface area contributed by atoms with Crippen LogP contribution in [-0.4, -0.2) is 33.5 Å². The van der Waals surface area contributed by atoms with Gasteiger partial charge in [0, 0.05) is 12.3 Å². The lowest BCUT2D eigenvalue weighted by Crippen LogP contribution is -2.16. The third-order valence-electron chi connectivity index (χ3n) is 3.74. The molecule has 1 amide bonds. The molecule has 0 radical (unpaired) electrons. The molecule has 0 spiro atoms. The molecule has 2 heterocycles. The van der Waals surface area contributed by atoms with E-state index in [1.54, 1.807) is 6.92 Å². The number of aromatic nitrogens is 2.